The Hall–Kier alpha value is -1.88. The van der Waals surface area contributed by atoms with Crippen molar-refractivity contribution >= 4 is 11.9 Å². The van der Waals surface area contributed by atoms with E-state index in [0.29, 0.717) is 0 Å². The fourth-order valence-corrected chi connectivity index (χ4v) is 1.81. The minimum Gasteiger partial charge on any atom is -0.444 e. The number of amides is 1. The number of aliphatic hydroxyl groups is 1. The Morgan fingerprint density at radius 2 is 1.81 bits per heavy atom. The van der Waals surface area contributed by atoms with E-state index in [0.717, 1.165) is 5.56 Å². The van der Waals surface area contributed by atoms with Crippen LogP contribution in [0.1, 0.15) is 33.3 Å². The van der Waals surface area contributed by atoms with Gasteiger partial charge in [0.25, 0.3) is 0 Å². The van der Waals surface area contributed by atoms with Gasteiger partial charge in [-0.25, -0.2) is 4.79 Å². The molecule has 0 fully saturated rings. The van der Waals surface area contributed by atoms with Crippen molar-refractivity contribution in [2.24, 2.45) is 0 Å². The summed E-state index contributed by atoms with van der Waals surface area (Å²) < 4.78 is 5.11. The number of alkyl carbamates (subject to hydrolysis) is 1. The van der Waals surface area contributed by atoms with Crippen LogP contribution in [0.15, 0.2) is 30.3 Å². The number of ether oxygens (including phenoxy) is 1. The highest BCUT2D eigenvalue weighted by atomic mass is 16.6. The topological polar surface area (TPSA) is 75.6 Å². The van der Waals surface area contributed by atoms with Crippen LogP contribution in [-0.2, 0) is 16.0 Å². The lowest BCUT2D eigenvalue weighted by atomic mass is 10.0. The van der Waals surface area contributed by atoms with E-state index in [1.165, 1.54) is 6.92 Å². The Balaban J connectivity index is 2.69. The largest absolute Gasteiger partial charge is 0.444 e. The third-order valence-electron chi connectivity index (χ3n) is 2.72. The molecule has 21 heavy (non-hydrogen) atoms. The number of carbonyl (C=O) groups excluding carboxylic acids is 2. The molecule has 0 aromatic heterocycles. The highest BCUT2D eigenvalue weighted by Gasteiger charge is 2.27. The van der Waals surface area contributed by atoms with Gasteiger partial charge in [-0.2, -0.15) is 0 Å². The first-order chi connectivity index (χ1) is 9.69. The van der Waals surface area contributed by atoms with E-state index in [9.17, 15) is 14.7 Å². The second kappa shape index (κ2) is 7.22. The molecule has 5 nitrogen and oxygen atoms in total. The van der Waals surface area contributed by atoms with Gasteiger partial charge in [0.05, 0.1) is 6.10 Å². The number of hydrogen-bond acceptors (Lipinski definition) is 4. The number of carbonyl (C=O) groups is 2. The van der Waals surface area contributed by atoms with Gasteiger partial charge < -0.3 is 15.2 Å². The minimum absolute atomic E-state index is 0.145. The quantitative estimate of drug-likeness (QED) is 0.871. The normalized spacial score (nSPS) is 14.1. The van der Waals surface area contributed by atoms with E-state index in [1.54, 1.807) is 20.8 Å². The van der Waals surface area contributed by atoms with E-state index in [4.69, 9.17) is 4.74 Å². The summed E-state index contributed by atoms with van der Waals surface area (Å²) in [7, 11) is 0. The molecule has 2 atom stereocenters. The van der Waals surface area contributed by atoms with E-state index in [2.05, 4.69) is 5.32 Å². The van der Waals surface area contributed by atoms with Gasteiger partial charge >= 0.3 is 6.09 Å². The number of rotatable bonds is 5. The Bertz CT molecular complexity index is 477. The van der Waals surface area contributed by atoms with E-state index < -0.39 is 23.8 Å². The zero-order valence-corrected chi connectivity index (χ0v) is 12.9. The molecular weight excluding hydrogens is 270 g/mol. The summed E-state index contributed by atoms with van der Waals surface area (Å²) in [6.45, 7) is 6.66. The second-order valence-electron chi connectivity index (χ2n) is 5.99. The van der Waals surface area contributed by atoms with Gasteiger partial charge in [0, 0.05) is 6.42 Å². The first-order valence-corrected chi connectivity index (χ1v) is 6.93. The minimum atomic E-state index is -0.992. The van der Waals surface area contributed by atoms with Crippen LogP contribution >= 0.6 is 0 Å². The Morgan fingerprint density at radius 3 is 2.29 bits per heavy atom. The molecule has 0 unspecified atom stereocenters. The molecule has 0 aliphatic carbocycles. The number of Topliss-reactive ketones (excluding diaryl/α,β-unsaturated/α-hetero) is 1. The zero-order chi connectivity index (χ0) is 16.0. The van der Waals surface area contributed by atoms with E-state index >= 15 is 0 Å². The third kappa shape index (κ3) is 6.40. The molecule has 0 radical (unpaired) electrons. The van der Waals surface area contributed by atoms with Crippen LogP contribution in [0.2, 0.25) is 0 Å². The van der Waals surface area contributed by atoms with Gasteiger partial charge in [-0.3, -0.25) is 4.79 Å². The molecule has 1 rings (SSSR count). The first kappa shape index (κ1) is 17.2. The van der Waals surface area contributed by atoms with E-state index in [1.807, 2.05) is 30.3 Å². The molecule has 1 amide bonds. The van der Waals surface area contributed by atoms with Crippen LogP contribution in [0.25, 0.3) is 0 Å². The SMILES string of the molecule is C[C@@H](O)[C@H](NC(=O)OC(C)(C)C)C(=O)Cc1ccccc1. The maximum absolute atomic E-state index is 12.2. The van der Waals surface area contributed by atoms with Crippen molar-refractivity contribution in [1.29, 1.82) is 0 Å². The molecule has 0 aliphatic rings. The van der Waals surface area contributed by atoms with Crippen molar-refractivity contribution in [2.75, 3.05) is 0 Å². The molecule has 2 N–H and O–H groups in total. The number of hydrogen-bond donors (Lipinski definition) is 2. The fourth-order valence-electron chi connectivity index (χ4n) is 1.81. The highest BCUT2D eigenvalue weighted by molar-refractivity contribution is 5.89. The van der Waals surface area contributed by atoms with Gasteiger partial charge in [0.2, 0.25) is 0 Å². The molecule has 0 saturated heterocycles. The lowest BCUT2D eigenvalue weighted by molar-refractivity contribution is -0.122. The number of nitrogens with one attached hydrogen (secondary N) is 1. The monoisotopic (exact) mass is 293 g/mol. The van der Waals surface area contributed by atoms with Crippen molar-refractivity contribution in [3.63, 3.8) is 0 Å². The Labute approximate surface area is 125 Å². The van der Waals surface area contributed by atoms with Crippen molar-refractivity contribution in [3.05, 3.63) is 35.9 Å². The maximum atomic E-state index is 12.2. The third-order valence-corrected chi connectivity index (χ3v) is 2.72. The molecule has 0 heterocycles. The molecule has 0 bridgehead atoms. The maximum Gasteiger partial charge on any atom is 0.408 e. The summed E-state index contributed by atoms with van der Waals surface area (Å²) in [6.07, 6.45) is -1.56. The first-order valence-electron chi connectivity index (χ1n) is 6.93. The summed E-state index contributed by atoms with van der Waals surface area (Å²) in [5.74, 6) is -0.262. The Morgan fingerprint density at radius 1 is 1.24 bits per heavy atom. The van der Waals surface area contributed by atoms with Gasteiger partial charge in [0.1, 0.15) is 11.6 Å². The molecule has 1 aromatic rings. The Kier molecular flexibility index (Phi) is 5.90. The number of benzene rings is 1. The lowest BCUT2D eigenvalue weighted by Gasteiger charge is -2.24. The number of ketones is 1. The van der Waals surface area contributed by atoms with Crippen molar-refractivity contribution in [3.8, 4) is 0 Å². The standard InChI is InChI=1S/C16H23NO4/c1-11(18)14(17-15(20)21-16(2,3)4)13(19)10-12-8-6-5-7-9-12/h5-9,11,14,18H,10H2,1-4H3,(H,17,20)/t11-,14+/m1/s1. The van der Waals surface area contributed by atoms with Crippen LogP contribution < -0.4 is 5.32 Å². The smallest absolute Gasteiger partial charge is 0.408 e. The van der Waals surface area contributed by atoms with Gasteiger partial charge in [-0.05, 0) is 33.3 Å². The van der Waals surface area contributed by atoms with Crippen LogP contribution in [-0.4, -0.2) is 34.7 Å². The summed E-state index contributed by atoms with van der Waals surface area (Å²) in [6, 6.07) is 8.19. The van der Waals surface area contributed by atoms with Gasteiger partial charge in [-0.15, -0.1) is 0 Å². The van der Waals surface area contributed by atoms with Crippen LogP contribution in [0, 0.1) is 0 Å². The molecule has 5 heteroatoms. The molecule has 1 aromatic carbocycles. The lowest BCUT2D eigenvalue weighted by Crippen LogP contribution is -2.49. The van der Waals surface area contributed by atoms with Crippen LogP contribution in [0.5, 0.6) is 0 Å². The fraction of sp³-hybridized carbons (Fsp3) is 0.500. The average Bonchev–Trinajstić information content (AvgIpc) is 2.34. The van der Waals surface area contributed by atoms with Gasteiger partial charge in [-0.1, -0.05) is 30.3 Å². The van der Waals surface area contributed by atoms with Crippen molar-refractivity contribution in [2.45, 2.75) is 51.9 Å². The molecule has 0 spiro atoms. The zero-order valence-electron chi connectivity index (χ0n) is 12.9. The van der Waals surface area contributed by atoms with E-state index in [-0.39, 0.29) is 12.2 Å². The van der Waals surface area contributed by atoms with Crippen LogP contribution in [0.3, 0.4) is 0 Å². The van der Waals surface area contributed by atoms with Gasteiger partial charge in [0.15, 0.2) is 5.78 Å². The average molecular weight is 293 g/mol. The molecule has 0 saturated carbocycles. The van der Waals surface area contributed by atoms with Crippen molar-refractivity contribution < 1.29 is 19.4 Å². The van der Waals surface area contributed by atoms with Crippen molar-refractivity contribution in [1.82, 2.24) is 5.32 Å². The molecular formula is C16H23NO4. The predicted molar refractivity (Wildman–Crippen MR) is 80.0 cm³/mol. The van der Waals surface area contributed by atoms with Crippen LogP contribution in [0.4, 0.5) is 4.79 Å². The summed E-state index contributed by atoms with van der Waals surface area (Å²) in [5.41, 5.74) is 0.176. The summed E-state index contributed by atoms with van der Waals surface area (Å²) in [4.78, 5) is 24.0. The molecule has 116 valence electrons. The highest BCUT2D eigenvalue weighted by Crippen LogP contribution is 2.09. The molecule has 0 aliphatic heterocycles. The summed E-state index contributed by atoms with van der Waals surface area (Å²) >= 11 is 0. The summed E-state index contributed by atoms with van der Waals surface area (Å²) in [5, 5.41) is 12.1. The predicted octanol–water partition coefficient (Wildman–Crippen LogP) is 2.07. The second-order valence-corrected chi connectivity index (χ2v) is 5.99. The number of aliphatic hydroxyl groups excluding tert-OH is 1.